The summed E-state index contributed by atoms with van der Waals surface area (Å²) < 4.78 is 0. The quantitative estimate of drug-likeness (QED) is 0.259. The van der Waals surface area contributed by atoms with Gasteiger partial charge >= 0.3 is 0 Å². The number of hydrogen-bond acceptors (Lipinski definition) is 4. The Balaban J connectivity index is 1.51. The van der Waals surface area contributed by atoms with E-state index >= 15 is 0 Å². The van der Waals surface area contributed by atoms with Crippen molar-refractivity contribution in [1.29, 1.82) is 0 Å². The monoisotopic (exact) mass is 558 g/mol. The van der Waals surface area contributed by atoms with Gasteiger partial charge in [-0.3, -0.25) is 9.59 Å². The smallest absolute Gasteiger partial charge is 0.249 e. The van der Waals surface area contributed by atoms with Crippen LogP contribution in [0.3, 0.4) is 0 Å². The normalized spacial score (nSPS) is 15.4. The first-order valence-electron chi connectivity index (χ1n) is 15.1. The average molecular weight is 559 g/mol. The van der Waals surface area contributed by atoms with Crippen molar-refractivity contribution in [1.82, 2.24) is 0 Å². The first-order valence-corrected chi connectivity index (χ1v) is 15.1. The number of nitrogens with two attached hydrogens (primary N) is 2. The van der Waals surface area contributed by atoms with Crippen LogP contribution in [0.5, 0.6) is 0 Å². The van der Waals surface area contributed by atoms with Crippen LogP contribution in [0, 0.1) is 0 Å². The van der Waals surface area contributed by atoms with E-state index in [2.05, 4.69) is 58.3 Å². The Bertz CT molecular complexity index is 1560. The molecule has 42 heavy (non-hydrogen) atoms. The zero-order valence-corrected chi connectivity index (χ0v) is 24.0. The predicted octanol–water partition coefficient (Wildman–Crippen LogP) is 6.87. The fraction of sp³-hybridized carbons (Fsp3) is 0.278. The molecule has 0 aromatic heterocycles. The molecule has 214 valence electrons. The van der Waals surface area contributed by atoms with Gasteiger partial charge in [0, 0.05) is 54.2 Å². The zero-order chi connectivity index (χ0) is 29.1. The van der Waals surface area contributed by atoms with Crippen LogP contribution >= 0.6 is 0 Å². The van der Waals surface area contributed by atoms with E-state index < -0.39 is 11.8 Å². The number of nitrogens with zero attached hydrogens (tertiary/aromatic N) is 2. The summed E-state index contributed by atoms with van der Waals surface area (Å²) in [5.74, 6) is -0.930. The molecule has 4 N–H and O–H groups in total. The number of anilines is 2. The predicted molar refractivity (Wildman–Crippen MR) is 172 cm³/mol. The molecule has 4 aromatic carbocycles. The van der Waals surface area contributed by atoms with Crippen LogP contribution in [0.4, 0.5) is 11.4 Å². The lowest BCUT2D eigenvalue weighted by molar-refractivity contribution is 0.0992. The van der Waals surface area contributed by atoms with Crippen molar-refractivity contribution in [2.24, 2.45) is 11.5 Å². The van der Waals surface area contributed by atoms with Gasteiger partial charge < -0.3 is 21.3 Å². The summed E-state index contributed by atoms with van der Waals surface area (Å²) in [7, 11) is 0. The van der Waals surface area contributed by atoms with Gasteiger partial charge in [-0.2, -0.15) is 0 Å². The summed E-state index contributed by atoms with van der Waals surface area (Å²) in [5.41, 5.74) is 20.4. The largest absolute Gasteiger partial charge is 0.372 e. The van der Waals surface area contributed by atoms with E-state index in [1.165, 1.54) is 49.9 Å². The van der Waals surface area contributed by atoms with Gasteiger partial charge in [-0.15, -0.1) is 0 Å². The number of carbonyl (C=O) groups is 2. The second kappa shape index (κ2) is 12.1. The lowest BCUT2D eigenvalue weighted by atomic mass is 9.84. The molecule has 4 aromatic rings. The second-order valence-corrected chi connectivity index (χ2v) is 11.4. The molecular formula is C36H38N4O2. The number of piperidine rings is 2. The molecule has 6 nitrogen and oxygen atoms in total. The van der Waals surface area contributed by atoms with Crippen LogP contribution in [0.2, 0.25) is 0 Å². The van der Waals surface area contributed by atoms with Crippen LogP contribution in [0.25, 0.3) is 33.4 Å². The molecule has 0 bridgehead atoms. The van der Waals surface area contributed by atoms with Crippen molar-refractivity contribution >= 4 is 23.2 Å². The van der Waals surface area contributed by atoms with E-state index in [1.807, 2.05) is 24.3 Å². The van der Waals surface area contributed by atoms with Crippen LogP contribution in [0.15, 0.2) is 84.9 Å². The molecule has 2 fully saturated rings. The highest BCUT2D eigenvalue weighted by Gasteiger charge is 2.22. The summed E-state index contributed by atoms with van der Waals surface area (Å²) in [6, 6.07) is 28.3. The van der Waals surface area contributed by atoms with Crippen LogP contribution in [-0.4, -0.2) is 38.0 Å². The van der Waals surface area contributed by atoms with Crippen molar-refractivity contribution in [2.45, 2.75) is 38.5 Å². The van der Waals surface area contributed by atoms with Gasteiger partial charge in [0.15, 0.2) is 0 Å². The number of rotatable bonds is 7. The van der Waals surface area contributed by atoms with E-state index in [-0.39, 0.29) is 0 Å². The average Bonchev–Trinajstić information content (AvgIpc) is 3.05. The van der Waals surface area contributed by atoms with Crippen LogP contribution < -0.4 is 21.3 Å². The fourth-order valence-electron chi connectivity index (χ4n) is 6.44. The lowest BCUT2D eigenvalue weighted by Crippen LogP contribution is -2.29. The molecule has 2 heterocycles. The second-order valence-electron chi connectivity index (χ2n) is 11.4. The molecule has 0 atom stereocenters. The number of hydrogen-bond donors (Lipinski definition) is 2. The Kier molecular flexibility index (Phi) is 7.95. The highest BCUT2D eigenvalue weighted by atomic mass is 16.1. The number of primary amides is 2. The maximum Gasteiger partial charge on any atom is 0.249 e. The Morgan fingerprint density at radius 2 is 0.929 bits per heavy atom. The Morgan fingerprint density at radius 1 is 0.476 bits per heavy atom. The minimum atomic E-state index is -0.466. The SMILES string of the molecule is NC(=O)c1ccc(-c2ccc(C(N)=O)c(-c3ccc(N4CCCCC4)cc3)c2-c2ccc(N3CCCCC3)cc2)cc1. The van der Waals surface area contributed by atoms with Crippen molar-refractivity contribution in [3.05, 3.63) is 96.1 Å². The van der Waals surface area contributed by atoms with Gasteiger partial charge in [0.05, 0.1) is 0 Å². The van der Waals surface area contributed by atoms with Crippen molar-refractivity contribution in [3.8, 4) is 33.4 Å². The van der Waals surface area contributed by atoms with Gasteiger partial charge in [0.1, 0.15) is 0 Å². The maximum atomic E-state index is 12.9. The third kappa shape index (κ3) is 5.62. The van der Waals surface area contributed by atoms with E-state index in [0.717, 1.165) is 59.6 Å². The third-order valence-electron chi connectivity index (χ3n) is 8.71. The van der Waals surface area contributed by atoms with Gasteiger partial charge in [0.2, 0.25) is 11.8 Å². The van der Waals surface area contributed by atoms with Crippen molar-refractivity contribution in [2.75, 3.05) is 36.0 Å². The topological polar surface area (TPSA) is 92.7 Å². The van der Waals surface area contributed by atoms with Gasteiger partial charge in [0.25, 0.3) is 0 Å². The summed E-state index contributed by atoms with van der Waals surface area (Å²) >= 11 is 0. The highest BCUT2D eigenvalue weighted by Crippen LogP contribution is 2.43. The standard InChI is InChI=1S/C36H38N4O2/c37-35(41)28-9-7-25(8-10-28)31-19-20-32(36(38)42)34(27-13-17-30(18-14-27)40-23-5-2-6-24-40)33(31)26-11-15-29(16-12-26)39-21-3-1-4-22-39/h7-20H,1-6,21-24H2,(H2,37,41)(H2,38,42). The Morgan fingerprint density at radius 3 is 1.38 bits per heavy atom. The molecule has 2 aliphatic heterocycles. The zero-order valence-electron chi connectivity index (χ0n) is 24.0. The number of benzene rings is 4. The highest BCUT2D eigenvalue weighted by molar-refractivity contribution is 6.07. The van der Waals surface area contributed by atoms with Crippen LogP contribution in [0.1, 0.15) is 59.2 Å². The minimum absolute atomic E-state index is 0.452. The van der Waals surface area contributed by atoms with E-state index in [9.17, 15) is 9.59 Å². The Labute approximate surface area is 247 Å². The molecule has 2 amide bonds. The summed E-state index contributed by atoms with van der Waals surface area (Å²) in [6.07, 6.45) is 7.41. The van der Waals surface area contributed by atoms with E-state index in [1.54, 1.807) is 12.1 Å². The molecule has 0 saturated carbocycles. The van der Waals surface area contributed by atoms with Crippen molar-refractivity contribution < 1.29 is 9.59 Å². The minimum Gasteiger partial charge on any atom is -0.372 e. The molecule has 0 radical (unpaired) electrons. The number of amides is 2. The van der Waals surface area contributed by atoms with Gasteiger partial charge in [-0.1, -0.05) is 42.5 Å². The summed E-state index contributed by atoms with van der Waals surface area (Å²) in [5, 5.41) is 0. The van der Waals surface area contributed by atoms with E-state index in [4.69, 9.17) is 11.5 Å². The molecule has 0 aliphatic carbocycles. The van der Waals surface area contributed by atoms with Gasteiger partial charge in [-0.05, 0) is 109 Å². The first-order chi connectivity index (χ1) is 20.5. The van der Waals surface area contributed by atoms with Crippen LogP contribution in [-0.2, 0) is 0 Å². The molecular weight excluding hydrogens is 520 g/mol. The summed E-state index contributed by atoms with van der Waals surface area (Å²) in [6.45, 7) is 4.28. The number of carbonyl (C=O) groups excluding carboxylic acids is 2. The van der Waals surface area contributed by atoms with Crippen molar-refractivity contribution in [3.63, 3.8) is 0 Å². The van der Waals surface area contributed by atoms with Gasteiger partial charge in [-0.25, -0.2) is 0 Å². The third-order valence-corrected chi connectivity index (χ3v) is 8.71. The maximum absolute atomic E-state index is 12.9. The fourth-order valence-corrected chi connectivity index (χ4v) is 6.44. The molecule has 2 saturated heterocycles. The molecule has 6 heteroatoms. The lowest BCUT2D eigenvalue weighted by Gasteiger charge is -2.29. The molecule has 0 spiro atoms. The first kappa shape index (κ1) is 27.6. The molecule has 0 unspecified atom stereocenters. The molecule has 6 rings (SSSR count). The summed E-state index contributed by atoms with van der Waals surface area (Å²) in [4.78, 5) is 29.5. The molecule has 2 aliphatic rings. The Hall–Kier alpha value is -4.58. The van der Waals surface area contributed by atoms with E-state index in [0.29, 0.717) is 11.1 Å².